The van der Waals surface area contributed by atoms with Gasteiger partial charge in [-0.3, -0.25) is 9.89 Å². The fraction of sp³-hybridized carbons (Fsp3) is 0.778. The topological polar surface area (TPSA) is 94.3 Å². The van der Waals surface area contributed by atoms with Crippen molar-refractivity contribution in [1.29, 1.82) is 0 Å². The molecule has 0 spiro atoms. The third-order valence-electron chi connectivity index (χ3n) is 5.54. The Morgan fingerprint density at radius 3 is 2.41 bits per heavy atom. The minimum absolute atomic E-state index is 0. The maximum absolute atomic E-state index is 11.6. The monoisotopic (exact) mass is 540 g/mol. The Kier molecular flexibility index (Phi) is 9.16. The third kappa shape index (κ3) is 7.07. The molecule has 3 heterocycles. The van der Waals surface area contributed by atoms with Crippen molar-refractivity contribution in [3.63, 3.8) is 0 Å². The van der Waals surface area contributed by atoms with Crippen LogP contribution in [0.1, 0.15) is 24.3 Å². The molecule has 0 bridgehead atoms. The number of sulfonamides is 1. The van der Waals surface area contributed by atoms with Crippen molar-refractivity contribution < 1.29 is 12.9 Å². The highest BCUT2D eigenvalue weighted by Crippen LogP contribution is 2.18. The Morgan fingerprint density at radius 2 is 1.90 bits per heavy atom. The van der Waals surface area contributed by atoms with Crippen molar-refractivity contribution in [2.24, 2.45) is 10.9 Å². The molecule has 0 amide bonds. The van der Waals surface area contributed by atoms with Crippen LogP contribution in [0.2, 0.25) is 0 Å². The smallest absolute Gasteiger partial charge is 0.211 e. The Bertz CT molecular complexity index is 768. The van der Waals surface area contributed by atoms with Crippen LogP contribution in [0.5, 0.6) is 0 Å². The number of piperazine rings is 1. The van der Waals surface area contributed by atoms with Gasteiger partial charge in [-0.05, 0) is 25.7 Å². The zero-order valence-electron chi connectivity index (χ0n) is 17.5. The molecule has 0 radical (unpaired) electrons. The molecule has 29 heavy (non-hydrogen) atoms. The minimum atomic E-state index is -3.06. The molecule has 0 saturated carbocycles. The second-order valence-corrected chi connectivity index (χ2v) is 9.71. The lowest BCUT2D eigenvalue weighted by Crippen LogP contribution is -2.53. The highest BCUT2D eigenvalue weighted by molar-refractivity contribution is 14.0. The van der Waals surface area contributed by atoms with Gasteiger partial charge >= 0.3 is 0 Å². The van der Waals surface area contributed by atoms with Crippen LogP contribution in [-0.4, -0.2) is 92.8 Å². The molecule has 1 aromatic rings. The van der Waals surface area contributed by atoms with Crippen LogP contribution in [0.15, 0.2) is 15.6 Å². The molecule has 166 valence electrons. The van der Waals surface area contributed by atoms with Gasteiger partial charge in [0.25, 0.3) is 0 Å². The van der Waals surface area contributed by atoms with Gasteiger partial charge in [-0.2, -0.15) is 0 Å². The van der Waals surface area contributed by atoms with E-state index in [4.69, 9.17) is 4.52 Å². The second-order valence-electron chi connectivity index (χ2n) is 7.73. The summed E-state index contributed by atoms with van der Waals surface area (Å²) in [4.78, 5) is 9.11. The predicted octanol–water partition coefficient (Wildman–Crippen LogP) is 0.966. The molecule has 0 aliphatic carbocycles. The Labute approximate surface area is 190 Å². The largest absolute Gasteiger partial charge is 0.361 e. The van der Waals surface area contributed by atoms with E-state index in [2.05, 4.69) is 25.3 Å². The van der Waals surface area contributed by atoms with Crippen molar-refractivity contribution in [3.05, 3.63) is 17.5 Å². The molecule has 1 aromatic heterocycles. The summed E-state index contributed by atoms with van der Waals surface area (Å²) in [5.74, 6) is 2.26. The van der Waals surface area contributed by atoms with Gasteiger partial charge in [-0.1, -0.05) is 5.16 Å². The van der Waals surface area contributed by atoms with Crippen molar-refractivity contribution >= 4 is 40.0 Å². The standard InChI is InChI=1S/C18H32N6O3S.HI/c1-15-12-17(21-27-15)14-22-8-10-23(11-9-22)18(19-2)20-13-16-4-6-24(7-5-16)28(3,25)26;/h12,16H,4-11,13-14H2,1-3H3,(H,19,20);1H. The zero-order chi connectivity index (χ0) is 20.1. The first kappa shape index (κ1) is 24.4. The quantitative estimate of drug-likeness (QED) is 0.338. The number of hydrogen-bond acceptors (Lipinski definition) is 6. The summed E-state index contributed by atoms with van der Waals surface area (Å²) in [5.41, 5.74) is 0.980. The summed E-state index contributed by atoms with van der Waals surface area (Å²) in [6.07, 6.45) is 3.07. The molecule has 0 aromatic carbocycles. The highest BCUT2D eigenvalue weighted by atomic mass is 127. The lowest BCUT2D eigenvalue weighted by atomic mass is 9.98. The highest BCUT2D eigenvalue weighted by Gasteiger charge is 2.26. The van der Waals surface area contributed by atoms with Gasteiger partial charge in [-0.25, -0.2) is 12.7 Å². The SMILES string of the molecule is CN=C(NCC1CCN(S(C)(=O)=O)CC1)N1CCN(Cc2cc(C)on2)CC1.I. The third-order valence-corrected chi connectivity index (χ3v) is 6.84. The van der Waals surface area contributed by atoms with E-state index in [9.17, 15) is 8.42 Å². The van der Waals surface area contributed by atoms with Gasteiger partial charge in [-0.15, -0.1) is 24.0 Å². The van der Waals surface area contributed by atoms with E-state index in [1.54, 1.807) is 4.31 Å². The minimum Gasteiger partial charge on any atom is -0.361 e. The van der Waals surface area contributed by atoms with E-state index in [-0.39, 0.29) is 24.0 Å². The van der Waals surface area contributed by atoms with Gasteiger partial charge in [0.1, 0.15) is 5.76 Å². The normalized spacial score (nSPS) is 20.5. The van der Waals surface area contributed by atoms with Crippen LogP contribution in [0, 0.1) is 12.8 Å². The summed E-state index contributed by atoms with van der Waals surface area (Å²) >= 11 is 0. The van der Waals surface area contributed by atoms with Gasteiger partial charge in [0.15, 0.2) is 5.96 Å². The van der Waals surface area contributed by atoms with Crippen LogP contribution in [0.25, 0.3) is 0 Å². The number of aliphatic imine (C=N–C) groups is 1. The Balaban J connectivity index is 0.00000300. The number of hydrogen-bond donors (Lipinski definition) is 1. The predicted molar refractivity (Wildman–Crippen MR) is 124 cm³/mol. The van der Waals surface area contributed by atoms with Gasteiger partial charge in [0.05, 0.1) is 11.9 Å². The molecule has 2 aliphatic rings. The van der Waals surface area contributed by atoms with E-state index in [0.29, 0.717) is 19.0 Å². The molecule has 9 nitrogen and oxygen atoms in total. The summed E-state index contributed by atoms with van der Waals surface area (Å²) in [5, 5.41) is 7.57. The lowest BCUT2D eigenvalue weighted by molar-refractivity contribution is 0.168. The number of nitrogens with zero attached hydrogens (tertiary/aromatic N) is 5. The molecule has 0 atom stereocenters. The van der Waals surface area contributed by atoms with E-state index in [0.717, 1.165) is 69.5 Å². The fourth-order valence-corrected chi connectivity index (χ4v) is 4.73. The summed E-state index contributed by atoms with van der Waals surface area (Å²) in [6.45, 7) is 8.55. The molecular weight excluding hydrogens is 507 g/mol. The van der Waals surface area contributed by atoms with Crippen LogP contribution in [-0.2, 0) is 16.6 Å². The Hall–Kier alpha value is -0.920. The first-order valence-corrected chi connectivity index (χ1v) is 11.7. The average Bonchev–Trinajstić information content (AvgIpc) is 3.08. The van der Waals surface area contributed by atoms with Gasteiger partial charge < -0.3 is 14.7 Å². The lowest BCUT2D eigenvalue weighted by Gasteiger charge is -2.37. The molecular formula is C18H33IN6O3S. The van der Waals surface area contributed by atoms with E-state index in [1.807, 2.05) is 20.0 Å². The maximum Gasteiger partial charge on any atom is 0.211 e. The number of halogens is 1. The summed E-state index contributed by atoms with van der Waals surface area (Å²) in [7, 11) is -1.24. The van der Waals surface area contributed by atoms with Crippen LogP contribution in [0.4, 0.5) is 0 Å². The summed E-state index contributed by atoms with van der Waals surface area (Å²) in [6, 6.07) is 1.99. The molecule has 0 unspecified atom stereocenters. The molecule has 2 saturated heterocycles. The number of aryl methyl sites for hydroxylation is 1. The molecule has 1 N–H and O–H groups in total. The van der Waals surface area contributed by atoms with E-state index < -0.39 is 10.0 Å². The fourth-order valence-electron chi connectivity index (χ4n) is 3.85. The Morgan fingerprint density at radius 1 is 1.24 bits per heavy atom. The number of piperidine rings is 1. The van der Waals surface area contributed by atoms with Crippen molar-refractivity contribution in [2.45, 2.75) is 26.3 Å². The zero-order valence-corrected chi connectivity index (χ0v) is 20.6. The van der Waals surface area contributed by atoms with Gasteiger partial charge in [0, 0.05) is 65.5 Å². The van der Waals surface area contributed by atoms with E-state index in [1.165, 1.54) is 6.26 Å². The molecule has 2 fully saturated rings. The first-order chi connectivity index (χ1) is 13.3. The second kappa shape index (κ2) is 10.9. The van der Waals surface area contributed by atoms with Crippen LogP contribution in [0.3, 0.4) is 0 Å². The van der Waals surface area contributed by atoms with Gasteiger partial charge in [0.2, 0.25) is 10.0 Å². The average molecular weight is 540 g/mol. The number of nitrogens with one attached hydrogen (secondary N) is 1. The molecule has 11 heteroatoms. The number of guanidine groups is 1. The van der Waals surface area contributed by atoms with Crippen molar-refractivity contribution in [3.8, 4) is 0 Å². The molecule has 3 rings (SSSR count). The molecule has 2 aliphatic heterocycles. The van der Waals surface area contributed by atoms with Crippen molar-refractivity contribution in [2.75, 3.05) is 59.1 Å². The van der Waals surface area contributed by atoms with Crippen molar-refractivity contribution in [1.82, 2.24) is 24.6 Å². The number of aromatic nitrogens is 1. The van der Waals surface area contributed by atoms with Crippen LogP contribution < -0.4 is 5.32 Å². The maximum atomic E-state index is 11.6. The first-order valence-electron chi connectivity index (χ1n) is 9.90. The van der Waals surface area contributed by atoms with E-state index >= 15 is 0 Å². The number of rotatable bonds is 5. The summed E-state index contributed by atoms with van der Waals surface area (Å²) < 4.78 is 30.0. The van der Waals surface area contributed by atoms with Crippen LogP contribution >= 0.6 is 24.0 Å².